The molecule has 4 heterocycles. The standard InChI is InChI=1S/C32H36F5N7O5S/c1-5-24-27(41-13-15-42(16-14-41)31(47)49-32(2,3)4)29(46)44-30(39-28(40-44)21-7-6-20-12-17-48-25(20)18-21)43(24)19-26(45)38-22-8-10-23(11-9-22)50(33,34,35,36)37/h6-11,18H,5,12-17,19H2,1-4H3,(H,38,45). The first-order valence-electron chi connectivity index (χ1n) is 15.9. The smallest absolute Gasteiger partial charge is 0.410 e. The van der Waals surface area contributed by atoms with Crippen molar-refractivity contribution < 1.29 is 38.5 Å². The summed E-state index contributed by atoms with van der Waals surface area (Å²) >= 11 is 0. The van der Waals surface area contributed by atoms with Crippen molar-refractivity contribution in [2.75, 3.05) is 43.0 Å². The summed E-state index contributed by atoms with van der Waals surface area (Å²) in [5.41, 5.74) is 0.923. The third-order valence-electron chi connectivity index (χ3n) is 8.25. The molecule has 270 valence electrons. The number of piperazine rings is 1. The van der Waals surface area contributed by atoms with Gasteiger partial charge < -0.3 is 29.2 Å². The van der Waals surface area contributed by atoms with Gasteiger partial charge in [0.15, 0.2) is 5.82 Å². The minimum absolute atomic E-state index is 0.0332. The highest BCUT2D eigenvalue weighted by Gasteiger charge is 2.65. The summed E-state index contributed by atoms with van der Waals surface area (Å²) in [6, 6.07) is 7.38. The number of fused-ring (bicyclic) bond motifs is 2. The number of halogens is 5. The zero-order valence-electron chi connectivity index (χ0n) is 27.7. The van der Waals surface area contributed by atoms with Gasteiger partial charge in [0.05, 0.1) is 12.3 Å². The Kier molecular flexibility index (Phi) is 8.11. The number of benzene rings is 2. The lowest BCUT2D eigenvalue weighted by molar-refractivity contribution is -0.116. The molecule has 0 spiro atoms. The summed E-state index contributed by atoms with van der Waals surface area (Å²) in [6.07, 6.45) is 0.528. The van der Waals surface area contributed by atoms with Crippen molar-refractivity contribution in [1.82, 2.24) is 24.1 Å². The average molecular weight is 726 g/mol. The van der Waals surface area contributed by atoms with Gasteiger partial charge in [-0.2, -0.15) is 9.50 Å². The Balaban J connectivity index is 1.37. The number of nitrogens with one attached hydrogen (secondary N) is 1. The average Bonchev–Trinajstić information content (AvgIpc) is 3.68. The summed E-state index contributed by atoms with van der Waals surface area (Å²) in [4.78, 5) is 46.2. The van der Waals surface area contributed by atoms with E-state index in [0.29, 0.717) is 23.6 Å². The second-order valence-corrected chi connectivity index (χ2v) is 15.5. The molecule has 1 fully saturated rings. The molecule has 0 atom stereocenters. The number of hydrogen-bond donors (Lipinski definition) is 1. The van der Waals surface area contributed by atoms with Gasteiger partial charge in [0.25, 0.3) is 5.56 Å². The fraction of sp³-hybridized carbons (Fsp3) is 0.406. The van der Waals surface area contributed by atoms with Crippen LogP contribution in [0.15, 0.2) is 52.2 Å². The van der Waals surface area contributed by atoms with Gasteiger partial charge in [-0.25, -0.2) is 4.79 Å². The lowest BCUT2D eigenvalue weighted by atomic mass is 10.1. The molecule has 2 aromatic carbocycles. The molecule has 0 bridgehead atoms. The van der Waals surface area contributed by atoms with Crippen LogP contribution in [0.25, 0.3) is 17.2 Å². The number of nitrogens with zero attached hydrogens (tertiary/aromatic N) is 6. The molecule has 50 heavy (non-hydrogen) atoms. The molecule has 0 radical (unpaired) electrons. The highest BCUT2D eigenvalue weighted by atomic mass is 32.5. The summed E-state index contributed by atoms with van der Waals surface area (Å²) < 4.78 is 79.9. The minimum Gasteiger partial charge on any atom is -0.493 e. The van der Waals surface area contributed by atoms with E-state index in [1.54, 1.807) is 49.6 Å². The van der Waals surface area contributed by atoms with E-state index in [1.165, 1.54) is 4.57 Å². The van der Waals surface area contributed by atoms with Crippen molar-refractivity contribution in [2.24, 2.45) is 0 Å². The molecule has 1 N–H and O–H groups in total. The minimum atomic E-state index is -9.90. The number of amides is 2. The van der Waals surface area contributed by atoms with Crippen LogP contribution in [-0.2, 0) is 28.9 Å². The van der Waals surface area contributed by atoms with Crippen LogP contribution in [0, 0.1) is 0 Å². The number of ether oxygens (including phenoxy) is 2. The normalized spacial score (nSPS) is 16.4. The summed E-state index contributed by atoms with van der Waals surface area (Å²) in [5, 5.41) is 6.96. The highest BCUT2D eigenvalue weighted by molar-refractivity contribution is 8.45. The van der Waals surface area contributed by atoms with E-state index in [9.17, 15) is 33.8 Å². The first-order chi connectivity index (χ1) is 23.2. The Bertz CT molecular complexity index is 2050. The zero-order chi connectivity index (χ0) is 36.3. The Morgan fingerprint density at radius 1 is 1.00 bits per heavy atom. The number of anilines is 2. The number of hydrogen-bond acceptors (Lipinski definition) is 8. The van der Waals surface area contributed by atoms with Crippen LogP contribution < -0.4 is 20.5 Å². The van der Waals surface area contributed by atoms with E-state index in [1.807, 2.05) is 6.07 Å². The molecule has 2 aliphatic rings. The third kappa shape index (κ3) is 7.20. The van der Waals surface area contributed by atoms with Gasteiger partial charge >= 0.3 is 16.3 Å². The molecule has 2 aliphatic heterocycles. The molecule has 6 rings (SSSR count). The van der Waals surface area contributed by atoms with Crippen molar-refractivity contribution in [3.05, 3.63) is 64.1 Å². The SMILES string of the molecule is CCc1c(N2CCN(C(=O)OC(C)(C)C)CC2)c(=O)n2nc(-c3ccc4c(c3)OCC4)nc2n1CC(=O)Nc1ccc(S(F)(F)(F)(F)F)cc1. The first kappa shape index (κ1) is 35.0. The van der Waals surface area contributed by atoms with Crippen molar-refractivity contribution in [3.8, 4) is 17.1 Å². The molecule has 0 aliphatic carbocycles. The van der Waals surface area contributed by atoms with Crippen LogP contribution in [0.3, 0.4) is 0 Å². The van der Waals surface area contributed by atoms with Crippen molar-refractivity contribution in [1.29, 1.82) is 0 Å². The predicted octanol–water partition coefficient (Wildman–Crippen LogP) is 6.41. The molecule has 0 unspecified atom stereocenters. The zero-order valence-corrected chi connectivity index (χ0v) is 28.5. The van der Waals surface area contributed by atoms with Crippen LogP contribution in [0.1, 0.15) is 39.0 Å². The van der Waals surface area contributed by atoms with Crippen LogP contribution in [0.2, 0.25) is 0 Å². The Labute approximate surface area is 283 Å². The van der Waals surface area contributed by atoms with E-state index in [-0.39, 0.29) is 67.7 Å². The maximum absolute atomic E-state index is 14.2. The fourth-order valence-electron chi connectivity index (χ4n) is 5.94. The van der Waals surface area contributed by atoms with Crippen molar-refractivity contribution in [2.45, 2.75) is 57.6 Å². The van der Waals surface area contributed by atoms with Crippen LogP contribution in [0.5, 0.6) is 5.75 Å². The molecular weight excluding hydrogens is 689 g/mol. The lowest BCUT2D eigenvalue weighted by Crippen LogP contribution is -2.51. The van der Waals surface area contributed by atoms with E-state index in [2.05, 4.69) is 15.4 Å². The lowest BCUT2D eigenvalue weighted by Gasteiger charge is -2.40. The maximum Gasteiger partial charge on any atom is 0.410 e. The Morgan fingerprint density at radius 3 is 2.30 bits per heavy atom. The monoisotopic (exact) mass is 725 g/mol. The topological polar surface area (TPSA) is 123 Å². The van der Waals surface area contributed by atoms with Gasteiger partial charge in [-0.1, -0.05) is 38.5 Å². The second kappa shape index (κ2) is 11.6. The molecule has 2 aromatic heterocycles. The number of carbonyl (C=O) groups excluding carboxylic acids is 2. The van der Waals surface area contributed by atoms with Gasteiger partial charge in [-0.05, 0) is 63.1 Å². The van der Waals surface area contributed by atoms with E-state index < -0.39 is 44.8 Å². The van der Waals surface area contributed by atoms with E-state index in [0.717, 1.165) is 28.6 Å². The first-order valence-corrected chi connectivity index (χ1v) is 17.8. The molecule has 2 amide bonds. The fourth-order valence-corrected chi connectivity index (χ4v) is 6.59. The van der Waals surface area contributed by atoms with E-state index >= 15 is 0 Å². The number of carbonyl (C=O) groups is 2. The van der Waals surface area contributed by atoms with Crippen molar-refractivity contribution >= 4 is 39.4 Å². The number of rotatable bonds is 7. The molecule has 1 saturated heterocycles. The Morgan fingerprint density at radius 2 is 1.68 bits per heavy atom. The molecule has 12 nitrogen and oxygen atoms in total. The van der Waals surface area contributed by atoms with Gasteiger partial charge in [0.1, 0.15) is 28.5 Å². The number of aromatic nitrogens is 4. The van der Waals surface area contributed by atoms with Gasteiger partial charge in [-0.3, -0.25) is 9.59 Å². The third-order valence-corrected chi connectivity index (χ3v) is 9.41. The molecule has 0 saturated carbocycles. The quantitative estimate of drug-likeness (QED) is 0.217. The highest BCUT2D eigenvalue weighted by Crippen LogP contribution is 3.02. The van der Waals surface area contributed by atoms with E-state index in [4.69, 9.17) is 9.47 Å². The van der Waals surface area contributed by atoms with Crippen molar-refractivity contribution in [3.63, 3.8) is 0 Å². The summed E-state index contributed by atoms with van der Waals surface area (Å²) in [7, 11) is -9.90. The van der Waals surface area contributed by atoms with Gasteiger partial charge in [0.2, 0.25) is 11.7 Å². The van der Waals surface area contributed by atoms with Crippen LogP contribution in [-0.4, -0.2) is 74.5 Å². The largest absolute Gasteiger partial charge is 0.493 e. The molecule has 18 heteroatoms. The van der Waals surface area contributed by atoms with Gasteiger partial charge in [0, 0.05) is 43.9 Å². The van der Waals surface area contributed by atoms with Crippen LogP contribution in [0.4, 0.5) is 35.6 Å². The van der Waals surface area contributed by atoms with Crippen LogP contribution >= 0.6 is 10.2 Å². The maximum atomic E-state index is 14.2. The second-order valence-electron chi connectivity index (χ2n) is 13.1. The molecular formula is C32H36F5N7O5S. The molecule has 4 aromatic rings. The predicted molar refractivity (Wildman–Crippen MR) is 178 cm³/mol. The van der Waals surface area contributed by atoms with Gasteiger partial charge in [-0.15, -0.1) is 5.10 Å². The summed E-state index contributed by atoms with van der Waals surface area (Å²) in [5.74, 6) is 0.173. The summed E-state index contributed by atoms with van der Waals surface area (Å²) in [6.45, 7) is 8.20. The Hall–Kier alpha value is -4.87.